The van der Waals surface area contributed by atoms with E-state index in [0.29, 0.717) is 28.3 Å². The van der Waals surface area contributed by atoms with Crippen LogP contribution in [-0.2, 0) is 4.74 Å². The summed E-state index contributed by atoms with van der Waals surface area (Å²) >= 11 is 0. The molecule has 0 radical (unpaired) electrons. The summed E-state index contributed by atoms with van der Waals surface area (Å²) in [4.78, 5) is 0. The van der Waals surface area contributed by atoms with Crippen LogP contribution >= 0.6 is 0 Å². The van der Waals surface area contributed by atoms with Crippen molar-refractivity contribution in [3.05, 3.63) is 0 Å². The molecule has 0 heterocycles. The highest BCUT2D eigenvalue weighted by Gasteiger charge is 2.77. The molecule has 5 aliphatic carbocycles. The molecular weight excluding hydrogens is 384 g/mol. The van der Waals surface area contributed by atoms with Gasteiger partial charge >= 0.3 is 0 Å². The smallest absolute Gasteiger partial charge is 0.0641 e. The van der Waals surface area contributed by atoms with Crippen LogP contribution in [0.15, 0.2) is 0 Å². The molecule has 0 saturated heterocycles. The Labute approximate surface area is 190 Å². The van der Waals surface area contributed by atoms with Gasteiger partial charge in [0.15, 0.2) is 0 Å². The summed E-state index contributed by atoms with van der Waals surface area (Å²) in [5.74, 6) is 4.76. The van der Waals surface area contributed by atoms with Crippen LogP contribution in [0.1, 0.15) is 92.4 Å². The van der Waals surface area contributed by atoms with E-state index < -0.39 is 5.60 Å². The Morgan fingerprint density at radius 1 is 1.06 bits per heavy atom. The van der Waals surface area contributed by atoms with Crippen molar-refractivity contribution < 1.29 is 14.9 Å². The molecular formula is C28H48O3. The van der Waals surface area contributed by atoms with Crippen molar-refractivity contribution in [2.75, 3.05) is 13.7 Å². The van der Waals surface area contributed by atoms with Crippen LogP contribution in [0.5, 0.6) is 0 Å². The molecule has 5 saturated carbocycles. The lowest BCUT2D eigenvalue weighted by Gasteiger charge is -2.61. The zero-order valence-electron chi connectivity index (χ0n) is 21.0. The van der Waals surface area contributed by atoms with E-state index in [9.17, 15) is 10.2 Å². The standard InChI is InChI=1S/C28H48O3/c1-17(13-19(16-29)25(2,3)30)21-7-8-22-20-14-24(31-6)28-15-18(28)9-12-27(28,5)23(20)10-11-26(21,22)4/h17-24,29-30H,7-16H2,1-6H3/t17-,18-,19-,20+,21-,22+,23+,24-,26-,27-,28+/m1/s1. The van der Waals surface area contributed by atoms with Gasteiger partial charge in [0.05, 0.1) is 11.7 Å². The Hall–Kier alpha value is -0.120. The number of aliphatic hydroxyl groups is 2. The Bertz CT molecular complexity index is 699. The first-order valence-corrected chi connectivity index (χ1v) is 13.4. The average molecular weight is 433 g/mol. The molecule has 0 unspecified atom stereocenters. The van der Waals surface area contributed by atoms with Gasteiger partial charge in [0.1, 0.15) is 0 Å². The first-order valence-electron chi connectivity index (χ1n) is 13.4. The summed E-state index contributed by atoms with van der Waals surface area (Å²) in [6, 6.07) is 0. The number of aliphatic hydroxyl groups excluding tert-OH is 1. The summed E-state index contributed by atoms with van der Waals surface area (Å²) in [5.41, 5.74) is 0.639. The van der Waals surface area contributed by atoms with E-state index >= 15 is 0 Å². The van der Waals surface area contributed by atoms with Crippen LogP contribution < -0.4 is 0 Å². The summed E-state index contributed by atoms with van der Waals surface area (Å²) < 4.78 is 6.27. The molecule has 11 atom stereocenters. The number of methoxy groups -OCH3 is 1. The number of fused-ring (bicyclic) bond motifs is 4. The summed E-state index contributed by atoms with van der Waals surface area (Å²) in [5, 5.41) is 20.5. The minimum Gasteiger partial charge on any atom is -0.396 e. The first kappa shape index (κ1) is 22.7. The van der Waals surface area contributed by atoms with Gasteiger partial charge in [-0.15, -0.1) is 0 Å². The van der Waals surface area contributed by atoms with E-state index in [2.05, 4.69) is 20.8 Å². The van der Waals surface area contributed by atoms with E-state index in [-0.39, 0.29) is 12.5 Å². The zero-order valence-corrected chi connectivity index (χ0v) is 21.0. The maximum absolute atomic E-state index is 10.5. The van der Waals surface area contributed by atoms with Crippen LogP contribution in [0.2, 0.25) is 0 Å². The maximum Gasteiger partial charge on any atom is 0.0641 e. The lowest BCUT2D eigenvalue weighted by Crippen LogP contribution is -2.57. The van der Waals surface area contributed by atoms with Crippen LogP contribution in [-0.4, -0.2) is 35.6 Å². The molecule has 31 heavy (non-hydrogen) atoms. The maximum atomic E-state index is 10.5. The van der Waals surface area contributed by atoms with Gasteiger partial charge < -0.3 is 14.9 Å². The molecule has 2 N–H and O–H groups in total. The van der Waals surface area contributed by atoms with Gasteiger partial charge in [-0.05, 0) is 118 Å². The second-order valence-electron chi connectivity index (χ2n) is 13.7. The van der Waals surface area contributed by atoms with Gasteiger partial charge in [-0.1, -0.05) is 20.8 Å². The first-order chi connectivity index (χ1) is 14.5. The lowest BCUT2D eigenvalue weighted by atomic mass is 9.45. The van der Waals surface area contributed by atoms with Gasteiger partial charge in [0.2, 0.25) is 0 Å². The molecule has 3 heteroatoms. The number of hydrogen-bond donors (Lipinski definition) is 2. The van der Waals surface area contributed by atoms with Gasteiger partial charge in [0, 0.05) is 25.0 Å². The van der Waals surface area contributed by atoms with Gasteiger partial charge in [-0.25, -0.2) is 0 Å². The topological polar surface area (TPSA) is 49.7 Å². The molecule has 0 aromatic rings. The SMILES string of the molecule is CO[C@@H]1C[C@H]2[C@@H]3CC[C@H]([C@H](C)C[C@H](CO)C(C)(C)O)[C@@]3(C)CC[C@@H]2[C@@]2(C)CC[C@@H]3C[C@]312. The van der Waals surface area contributed by atoms with Crippen LogP contribution in [0.25, 0.3) is 0 Å². The highest BCUT2D eigenvalue weighted by atomic mass is 16.5. The van der Waals surface area contributed by atoms with Crippen molar-refractivity contribution in [3.8, 4) is 0 Å². The second kappa shape index (κ2) is 7.19. The van der Waals surface area contributed by atoms with Crippen LogP contribution in [0, 0.1) is 57.7 Å². The Morgan fingerprint density at radius 2 is 1.81 bits per heavy atom. The van der Waals surface area contributed by atoms with Gasteiger partial charge in [0.25, 0.3) is 0 Å². The minimum atomic E-state index is -0.805. The van der Waals surface area contributed by atoms with E-state index in [4.69, 9.17) is 4.74 Å². The third kappa shape index (κ3) is 2.94. The fourth-order valence-electron chi connectivity index (χ4n) is 10.8. The summed E-state index contributed by atoms with van der Waals surface area (Å²) in [6.07, 6.45) is 12.5. The van der Waals surface area contributed by atoms with E-state index in [1.54, 1.807) is 0 Å². The summed E-state index contributed by atoms with van der Waals surface area (Å²) in [6.45, 7) is 11.5. The Balaban J connectivity index is 1.38. The van der Waals surface area contributed by atoms with Crippen LogP contribution in [0.3, 0.4) is 0 Å². The van der Waals surface area contributed by atoms with E-state index in [1.807, 2.05) is 21.0 Å². The predicted octanol–water partition coefficient (Wildman–Crippen LogP) is 5.68. The average Bonchev–Trinajstić information content (AvgIpc) is 3.21. The molecule has 5 rings (SSSR count). The van der Waals surface area contributed by atoms with Crippen molar-refractivity contribution in [2.45, 2.75) is 104 Å². The number of hydrogen-bond acceptors (Lipinski definition) is 3. The second-order valence-corrected chi connectivity index (χ2v) is 13.7. The van der Waals surface area contributed by atoms with Crippen molar-refractivity contribution in [3.63, 3.8) is 0 Å². The summed E-state index contributed by atoms with van der Waals surface area (Å²) in [7, 11) is 1.99. The molecule has 0 aromatic heterocycles. The molecule has 1 spiro atoms. The third-order valence-electron chi connectivity index (χ3n) is 12.5. The molecule has 3 nitrogen and oxygen atoms in total. The molecule has 0 amide bonds. The van der Waals surface area contributed by atoms with Gasteiger partial charge in [-0.2, -0.15) is 0 Å². The van der Waals surface area contributed by atoms with Crippen molar-refractivity contribution >= 4 is 0 Å². The Morgan fingerprint density at radius 3 is 2.42 bits per heavy atom. The quantitative estimate of drug-likeness (QED) is 0.568. The van der Waals surface area contributed by atoms with Crippen molar-refractivity contribution in [1.82, 2.24) is 0 Å². The molecule has 178 valence electrons. The van der Waals surface area contributed by atoms with E-state index in [0.717, 1.165) is 36.0 Å². The fraction of sp³-hybridized carbons (Fsp3) is 1.00. The largest absolute Gasteiger partial charge is 0.396 e. The minimum absolute atomic E-state index is 0.0295. The monoisotopic (exact) mass is 432 g/mol. The lowest BCUT2D eigenvalue weighted by molar-refractivity contribution is -0.161. The van der Waals surface area contributed by atoms with Crippen molar-refractivity contribution in [1.29, 1.82) is 0 Å². The Kier molecular flexibility index (Phi) is 5.25. The normalized spacial score (nSPS) is 52.6. The molecule has 0 aromatic carbocycles. The number of ether oxygens (including phenoxy) is 1. The molecule has 5 aliphatic rings. The molecule has 0 aliphatic heterocycles. The third-order valence-corrected chi connectivity index (χ3v) is 12.5. The molecule has 0 bridgehead atoms. The van der Waals surface area contributed by atoms with Gasteiger partial charge in [-0.3, -0.25) is 0 Å². The highest BCUT2D eigenvalue weighted by Crippen LogP contribution is 2.82. The molecule has 5 fully saturated rings. The zero-order chi connectivity index (χ0) is 22.4. The fourth-order valence-corrected chi connectivity index (χ4v) is 10.8. The highest BCUT2D eigenvalue weighted by molar-refractivity contribution is 5.26. The van der Waals surface area contributed by atoms with E-state index in [1.165, 1.54) is 51.4 Å². The predicted molar refractivity (Wildman–Crippen MR) is 124 cm³/mol. The van der Waals surface area contributed by atoms with Crippen LogP contribution in [0.4, 0.5) is 0 Å². The van der Waals surface area contributed by atoms with Crippen molar-refractivity contribution in [2.24, 2.45) is 57.7 Å². The number of rotatable bonds is 6.